The van der Waals surface area contributed by atoms with Crippen molar-refractivity contribution in [2.24, 2.45) is 0 Å². The number of amides is 2. The van der Waals surface area contributed by atoms with Gasteiger partial charge in [0, 0.05) is 16.0 Å². The zero-order valence-electron chi connectivity index (χ0n) is 19.1. The minimum Gasteiger partial charge on any atom is -0.306 e. The van der Waals surface area contributed by atoms with Crippen LogP contribution in [-0.2, 0) is 0 Å². The van der Waals surface area contributed by atoms with Gasteiger partial charge in [0.1, 0.15) is 22.1 Å². The lowest BCUT2D eigenvalue weighted by molar-refractivity contribution is 0.262. The molecule has 4 rings (SSSR count). The normalized spacial score (nSPS) is 10.9. The number of fused-ring (bicyclic) bond motifs is 1. The summed E-state index contributed by atoms with van der Waals surface area (Å²) in [6, 6.07) is 13.2. The Hall–Kier alpha value is -2.81. The molecule has 0 unspecified atom stereocenters. The molecule has 6 nitrogen and oxygen atoms in total. The molecule has 0 saturated heterocycles. The molecule has 0 aliphatic rings. The van der Waals surface area contributed by atoms with Gasteiger partial charge in [0.15, 0.2) is 0 Å². The number of pyridine rings is 1. The van der Waals surface area contributed by atoms with Gasteiger partial charge in [-0.3, -0.25) is 4.98 Å². The molecule has 0 aliphatic heterocycles. The van der Waals surface area contributed by atoms with E-state index in [-0.39, 0.29) is 6.03 Å². The predicted molar refractivity (Wildman–Crippen MR) is 144 cm³/mol. The summed E-state index contributed by atoms with van der Waals surface area (Å²) in [4.78, 5) is 26.5. The van der Waals surface area contributed by atoms with Crippen LogP contribution < -0.4 is 10.6 Å². The molecule has 0 atom stereocenters. The molecule has 34 heavy (non-hydrogen) atoms. The van der Waals surface area contributed by atoms with Crippen LogP contribution in [0.15, 0.2) is 65.0 Å². The Morgan fingerprint density at radius 1 is 0.971 bits per heavy atom. The monoisotopic (exact) mass is 509 g/mol. The van der Waals surface area contributed by atoms with Gasteiger partial charge >= 0.3 is 6.03 Å². The van der Waals surface area contributed by atoms with Crippen LogP contribution in [0.25, 0.3) is 22.0 Å². The Labute approximate surface area is 212 Å². The summed E-state index contributed by atoms with van der Waals surface area (Å²) < 4.78 is 0. The molecular weight excluding hydrogens is 486 g/mol. The van der Waals surface area contributed by atoms with Crippen molar-refractivity contribution in [2.45, 2.75) is 30.8 Å². The molecule has 2 N–H and O–H groups in total. The van der Waals surface area contributed by atoms with Crippen LogP contribution in [0.1, 0.15) is 19.4 Å². The van der Waals surface area contributed by atoms with E-state index in [1.165, 1.54) is 6.33 Å². The summed E-state index contributed by atoms with van der Waals surface area (Å²) in [5, 5.41) is 8.94. The zero-order valence-corrected chi connectivity index (χ0v) is 21.4. The summed E-state index contributed by atoms with van der Waals surface area (Å²) in [7, 11) is 0. The second-order valence-electron chi connectivity index (χ2n) is 7.33. The van der Waals surface area contributed by atoms with Gasteiger partial charge in [-0.05, 0) is 47.8 Å². The van der Waals surface area contributed by atoms with E-state index >= 15 is 0 Å². The van der Waals surface area contributed by atoms with Gasteiger partial charge in [-0.25, -0.2) is 14.8 Å². The van der Waals surface area contributed by atoms with Crippen LogP contribution in [0.4, 0.5) is 16.2 Å². The number of nitrogens with one attached hydrogen (secondary N) is 2. The minimum absolute atomic E-state index is 0.385. The number of benzene rings is 2. The second kappa shape index (κ2) is 11.1. The zero-order chi connectivity index (χ0) is 24.1. The van der Waals surface area contributed by atoms with E-state index < -0.39 is 0 Å². The largest absolute Gasteiger partial charge is 0.323 e. The Bertz CT molecular complexity index is 1320. The first kappa shape index (κ1) is 24.3. The number of halogens is 1. The molecule has 0 aliphatic carbocycles. The first-order valence-electron chi connectivity index (χ1n) is 10.8. The average molecular weight is 510 g/mol. The molecule has 0 fully saturated rings. The third-order valence-electron chi connectivity index (χ3n) is 5.07. The quantitative estimate of drug-likeness (QED) is 0.198. The third kappa shape index (κ3) is 5.29. The van der Waals surface area contributed by atoms with Gasteiger partial charge in [-0.2, -0.15) is 0 Å². The van der Waals surface area contributed by atoms with Crippen LogP contribution in [0.5, 0.6) is 0 Å². The van der Waals surface area contributed by atoms with E-state index in [1.54, 1.807) is 29.7 Å². The molecule has 2 heterocycles. The van der Waals surface area contributed by atoms with Gasteiger partial charge in [-0.15, -0.1) is 23.5 Å². The fourth-order valence-electron chi connectivity index (χ4n) is 3.62. The average Bonchev–Trinajstić information content (AvgIpc) is 2.82. The Kier molecular flexibility index (Phi) is 7.92. The van der Waals surface area contributed by atoms with Gasteiger partial charge in [-0.1, -0.05) is 49.7 Å². The van der Waals surface area contributed by atoms with E-state index in [9.17, 15) is 4.79 Å². The highest BCUT2D eigenvalue weighted by Crippen LogP contribution is 2.38. The highest BCUT2D eigenvalue weighted by Gasteiger charge is 2.18. The number of hydrogen-bond donors (Lipinski definition) is 2. The standard InChI is InChI=1S/C25H24ClN5OS2/c1-4-33-23-22(24(34-5-2)29-14-28-23)31-25(32)30-20-13-27-19-11-10-16(26)12-18(19)21(20)17-9-7-6-8-15(17)3/h6-14H,4-5H2,1-3H3,(H2,30,31,32). The molecule has 2 aromatic carbocycles. The van der Waals surface area contributed by atoms with Crippen LogP contribution in [-0.4, -0.2) is 32.5 Å². The predicted octanol–water partition coefficient (Wildman–Crippen LogP) is 7.52. The Morgan fingerprint density at radius 2 is 1.68 bits per heavy atom. The first-order valence-corrected chi connectivity index (χ1v) is 13.2. The van der Waals surface area contributed by atoms with Crippen molar-refractivity contribution in [3.05, 3.63) is 65.6 Å². The van der Waals surface area contributed by atoms with Crippen LogP contribution >= 0.6 is 35.1 Å². The molecule has 9 heteroatoms. The Morgan fingerprint density at radius 3 is 2.35 bits per heavy atom. The number of carbonyl (C=O) groups is 1. The summed E-state index contributed by atoms with van der Waals surface area (Å²) in [6.45, 7) is 6.13. The third-order valence-corrected chi connectivity index (χ3v) is 7.05. The molecule has 0 radical (unpaired) electrons. The molecule has 0 spiro atoms. The van der Waals surface area contributed by atoms with Crippen molar-refractivity contribution in [1.29, 1.82) is 0 Å². The molecule has 0 saturated carbocycles. The SMILES string of the molecule is CCSc1ncnc(SCC)c1NC(=O)Nc1cnc2ccc(Cl)cc2c1-c1ccccc1C. The van der Waals surface area contributed by atoms with Crippen molar-refractivity contribution in [1.82, 2.24) is 15.0 Å². The van der Waals surface area contributed by atoms with Crippen molar-refractivity contribution < 1.29 is 4.79 Å². The Balaban J connectivity index is 1.76. The number of nitrogens with zero attached hydrogens (tertiary/aromatic N) is 3. The topological polar surface area (TPSA) is 79.8 Å². The van der Waals surface area contributed by atoms with E-state index in [2.05, 4.69) is 25.6 Å². The van der Waals surface area contributed by atoms with E-state index in [4.69, 9.17) is 11.6 Å². The fraction of sp³-hybridized carbons (Fsp3) is 0.200. The minimum atomic E-state index is -0.385. The maximum atomic E-state index is 13.2. The molecule has 174 valence electrons. The number of anilines is 2. The number of carbonyl (C=O) groups excluding carboxylic acids is 1. The van der Waals surface area contributed by atoms with Crippen molar-refractivity contribution in [2.75, 3.05) is 22.1 Å². The number of aromatic nitrogens is 3. The maximum Gasteiger partial charge on any atom is 0.323 e. The van der Waals surface area contributed by atoms with E-state index in [0.717, 1.165) is 49.2 Å². The van der Waals surface area contributed by atoms with Crippen molar-refractivity contribution >= 4 is 63.4 Å². The lowest BCUT2D eigenvalue weighted by atomic mass is 9.96. The molecule has 0 bridgehead atoms. The summed E-state index contributed by atoms with van der Waals surface area (Å²) in [5.74, 6) is 1.66. The lowest BCUT2D eigenvalue weighted by Crippen LogP contribution is -2.21. The first-order chi connectivity index (χ1) is 16.5. The summed E-state index contributed by atoms with van der Waals surface area (Å²) >= 11 is 9.45. The highest BCUT2D eigenvalue weighted by molar-refractivity contribution is 8.00. The number of aryl methyl sites for hydroxylation is 1. The van der Waals surface area contributed by atoms with Crippen LogP contribution in [0.2, 0.25) is 5.02 Å². The van der Waals surface area contributed by atoms with E-state index in [0.29, 0.717) is 16.4 Å². The number of rotatable bonds is 7. The number of urea groups is 1. The van der Waals surface area contributed by atoms with Gasteiger partial charge in [0.2, 0.25) is 0 Å². The second-order valence-corrected chi connectivity index (χ2v) is 10.3. The maximum absolute atomic E-state index is 13.2. The molecule has 2 amide bonds. The van der Waals surface area contributed by atoms with E-state index in [1.807, 2.05) is 63.2 Å². The van der Waals surface area contributed by atoms with Gasteiger partial charge in [0.25, 0.3) is 0 Å². The lowest BCUT2D eigenvalue weighted by Gasteiger charge is -2.17. The van der Waals surface area contributed by atoms with Crippen molar-refractivity contribution in [3.63, 3.8) is 0 Å². The number of hydrogen-bond acceptors (Lipinski definition) is 6. The van der Waals surface area contributed by atoms with Gasteiger partial charge < -0.3 is 10.6 Å². The molecule has 4 aromatic rings. The number of thioether (sulfide) groups is 2. The molecule has 2 aromatic heterocycles. The highest BCUT2D eigenvalue weighted by atomic mass is 35.5. The van der Waals surface area contributed by atoms with Crippen LogP contribution in [0, 0.1) is 6.92 Å². The van der Waals surface area contributed by atoms with Gasteiger partial charge in [0.05, 0.1) is 17.4 Å². The smallest absolute Gasteiger partial charge is 0.306 e. The summed E-state index contributed by atoms with van der Waals surface area (Å²) in [5.41, 5.74) is 4.96. The van der Waals surface area contributed by atoms with Crippen molar-refractivity contribution in [3.8, 4) is 11.1 Å². The fourth-order valence-corrected chi connectivity index (χ4v) is 5.23. The van der Waals surface area contributed by atoms with Crippen LogP contribution in [0.3, 0.4) is 0 Å². The molecular formula is C25H24ClN5OS2. The summed E-state index contributed by atoms with van der Waals surface area (Å²) in [6.07, 6.45) is 3.22.